The lowest BCUT2D eigenvalue weighted by Crippen LogP contribution is -2.31. The second kappa shape index (κ2) is 14.4. The summed E-state index contributed by atoms with van der Waals surface area (Å²) in [6.45, 7) is 7.33. The fraction of sp³-hybridized carbons (Fsp3) is 0.526. The first kappa shape index (κ1) is 29.3. The predicted octanol–water partition coefficient (Wildman–Crippen LogP) is 2.85. The Kier molecular flexibility index (Phi) is 13.2. The van der Waals surface area contributed by atoms with Gasteiger partial charge in [-0.15, -0.1) is 24.0 Å². The number of nitrogens with zero attached hydrogens (tertiary/aromatic N) is 2. The third-order valence-electron chi connectivity index (χ3n) is 3.72. The van der Waals surface area contributed by atoms with Crippen LogP contribution in [0.3, 0.4) is 0 Å². The van der Waals surface area contributed by atoms with Crippen molar-refractivity contribution in [1.29, 1.82) is 0 Å². The number of anilines is 2. The number of ether oxygens (including phenoxy) is 1. The molecule has 0 spiro atoms. The topological polar surface area (TPSA) is 189 Å². The highest BCUT2D eigenvalue weighted by Crippen LogP contribution is 2.18. The van der Waals surface area contributed by atoms with Crippen LogP contribution in [0.25, 0.3) is 0 Å². The number of aromatic nitrogens is 2. The molecule has 0 fully saturated rings. The Labute approximate surface area is 203 Å². The van der Waals surface area contributed by atoms with Crippen LogP contribution in [0, 0.1) is 13.8 Å². The molecule has 0 aliphatic carbocycles. The van der Waals surface area contributed by atoms with E-state index in [-0.39, 0.29) is 35.8 Å². The Balaban J connectivity index is 0.000000639. The summed E-state index contributed by atoms with van der Waals surface area (Å²) in [5.74, 6) is 1.82. The second-order valence-electron chi connectivity index (χ2n) is 7.31. The van der Waals surface area contributed by atoms with E-state index in [2.05, 4.69) is 20.9 Å². The number of amides is 3. The number of hydrogen-bond acceptors (Lipinski definition) is 9. The summed E-state index contributed by atoms with van der Waals surface area (Å²) in [4.78, 5) is 33.2. The maximum absolute atomic E-state index is 11.6. The number of primary amides is 1. The molecule has 0 atom stereocenters. The van der Waals surface area contributed by atoms with Gasteiger partial charge in [-0.25, -0.2) is 4.79 Å². The number of carbonyl (C=O) groups excluding carboxylic acids is 3. The van der Waals surface area contributed by atoms with E-state index in [1.54, 1.807) is 39.8 Å². The standard InChI is InChI=1S/C12H19N3O4.C7H11N3O2.HI/c1-8-7-9(15-19-8)14-10(16)5-4-6-12(2,3)18-11(13)17;1-5-4-6(10-12-5)9-7(11)2-3-8;/h7H,4-6H2,1-3H3,(H2,13,17)(H,14,15,16);4H,2-3,8H2,1H3,(H,9,10,11);1H. The smallest absolute Gasteiger partial charge is 0.405 e. The van der Waals surface area contributed by atoms with Gasteiger partial charge in [-0.3, -0.25) is 9.59 Å². The van der Waals surface area contributed by atoms with E-state index < -0.39 is 11.7 Å². The van der Waals surface area contributed by atoms with E-state index >= 15 is 0 Å². The molecule has 0 aromatic carbocycles. The van der Waals surface area contributed by atoms with Crippen LogP contribution < -0.4 is 22.1 Å². The summed E-state index contributed by atoms with van der Waals surface area (Å²) in [7, 11) is 0. The van der Waals surface area contributed by atoms with Gasteiger partial charge in [0, 0.05) is 31.5 Å². The fourth-order valence-electron chi connectivity index (χ4n) is 2.39. The van der Waals surface area contributed by atoms with E-state index in [1.807, 2.05) is 0 Å². The van der Waals surface area contributed by atoms with Crippen LogP contribution >= 0.6 is 24.0 Å². The molecule has 0 saturated heterocycles. The average molecular weight is 566 g/mol. The van der Waals surface area contributed by atoms with Gasteiger partial charge in [-0.2, -0.15) is 0 Å². The monoisotopic (exact) mass is 566 g/mol. The van der Waals surface area contributed by atoms with Crippen molar-refractivity contribution in [3.05, 3.63) is 23.7 Å². The van der Waals surface area contributed by atoms with Gasteiger partial charge in [0.15, 0.2) is 11.6 Å². The van der Waals surface area contributed by atoms with Gasteiger partial charge in [0.25, 0.3) is 0 Å². The molecule has 12 nitrogen and oxygen atoms in total. The van der Waals surface area contributed by atoms with Gasteiger partial charge in [0.1, 0.15) is 17.1 Å². The van der Waals surface area contributed by atoms with Crippen molar-refractivity contribution in [2.24, 2.45) is 11.5 Å². The zero-order chi connectivity index (χ0) is 23.4. The molecule has 32 heavy (non-hydrogen) atoms. The minimum absolute atomic E-state index is 0. The van der Waals surface area contributed by atoms with Crippen molar-refractivity contribution in [3.8, 4) is 0 Å². The third-order valence-corrected chi connectivity index (χ3v) is 3.72. The fourth-order valence-corrected chi connectivity index (χ4v) is 2.39. The van der Waals surface area contributed by atoms with E-state index in [0.29, 0.717) is 55.4 Å². The number of nitrogens with one attached hydrogen (secondary N) is 2. The molecule has 0 bridgehead atoms. The Morgan fingerprint density at radius 2 is 1.47 bits per heavy atom. The number of rotatable bonds is 9. The number of nitrogens with two attached hydrogens (primary N) is 2. The molecule has 0 aliphatic rings. The van der Waals surface area contributed by atoms with Crippen LogP contribution in [0.15, 0.2) is 21.2 Å². The third kappa shape index (κ3) is 12.9. The van der Waals surface area contributed by atoms with Crippen LogP contribution in [-0.2, 0) is 14.3 Å². The molecule has 0 aliphatic heterocycles. The Morgan fingerprint density at radius 1 is 1.00 bits per heavy atom. The van der Waals surface area contributed by atoms with Crippen LogP contribution in [-0.4, -0.2) is 40.4 Å². The maximum Gasteiger partial charge on any atom is 0.405 e. The molecule has 180 valence electrons. The average Bonchev–Trinajstić information content (AvgIpc) is 3.22. The van der Waals surface area contributed by atoms with Crippen molar-refractivity contribution in [1.82, 2.24) is 10.3 Å². The lowest BCUT2D eigenvalue weighted by atomic mass is 10.0. The minimum Gasteiger partial charge on any atom is -0.444 e. The molecule has 6 N–H and O–H groups in total. The molecule has 0 radical (unpaired) electrons. The SMILES string of the molecule is Cc1cc(NC(=O)CCCC(C)(C)OC(N)=O)no1.Cc1cc(NC(=O)CCN)no1.I. The van der Waals surface area contributed by atoms with Gasteiger partial charge in [-0.05, 0) is 40.5 Å². The number of aryl methyl sites for hydroxylation is 2. The molecule has 2 aromatic rings. The van der Waals surface area contributed by atoms with Crippen molar-refractivity contribution in [3.63, 3.8) is 0 Å². The van der Waals surface area contributed by atoms with Gasteiger partial charge in [0.2, 0.25) is 11.8 Å². The summed E-state index contributed by atoms with van der Waals surface area (Å²) < 4.78 is 14.5. The maximum atomic E-state index is 11.6. The van der Waals surface area contributed by atoms with Crippen LogP contribution in [0.4, 0.5) is 16.4 Å². The van der Waals surface area contributed by atoms with E-state index in [4.69, 9.17) is 25.3 Å². The molecular formula is C19H31IN6O6. The van der Waals surface area contributed by atoms with Gasteiger partial charge in [-0.1, -0.05) is 10.3 Å². The summed E-state index contributed by atoms with van der Waals surface area (Å²) in [6.07, 6.45) is 0.903. The van der Waals surface area contributed by atoms with Gasteiger partial charge < -0.3 is 35.9 Å². The molecule has 13 heteroatoms. The lowest BCUT2D eigenvalue weighted by molar-refractivity contribution is -0.117. The molecule has 0 unspecified atom stereocenters. The van der Waals surface area contributed by atoms with Crippen LogP contribution in [0.5, 0.6) is 0 Å². The quantitative estimate of drug-likeness (QED) is 0.331. The summed E-state index contributed by atoms with van der Waals surface area (Å²) in [6, 6.07) is 3.28. The molecule has 2 rings (SSSR count). The summed E-state index contributed by atoms with van der Waals surface area (Å²) in [5, 5.41) is 12.4. The van der Waals surface area contributed by atoms with Crippen molar-refractivity contribution in [2.45, 2.75) is 59.0 Å². The Morgan fingerprint density at radius 3 is 1.84 bits per heavy atom. The van der Waals surface area contributed by atoms with Crippen molar-refractivity contribution in [2.75, 3.05) is 17.2 Å². The molecule has 2 aromatic heterocycles. The normalized spacial score (nSPS) is 10.3. The minimum atomic E-state index is -0.812. The number of halogens is 1. The largest absolute Gasteiger partial charge is 0.444 e. The first-order valence-electron chi connectivity index (χ1n) is 9.65. The highest BCUT2D eigenvalue weighted by molar-refractivity contribution is 14.0. The highest BCUT2D eigenvalue weighted by atomic mass is 127. The van der Waals surface area contributed by atoms with Gasteiger partial charge in [0.05, 0.1) is 0 Å². The molecule has 2 heterocycles. The second-order valence-corrected chi connectivity index (χ2v) is 7.31. The van der Waals surface area contributed by atoms with Gasteiger partial charge >= 0.3 is 6.09 Å². The molecule has 0 saturated carbocycles. The van der Waals surface area contributed by atoms with Crippen molar-refractivity contribution < 1.29 is 28.2 Å². The molecular weight excluding hydrogens is 535 g/mol. The van der Waals surface area contributed by atoms with Crippen molar-refractivity contribution >= 4 is 53.5 Å². The summed E-state index contributed by atoms with van der Waals surface area (Å²) in [5.41, 5.74) is 9.47. The first-order chi connectivity index (χ1) is 14.5. The zero-order valence-electron chi connectivity index (χ0n) is 18.6. The molecule has 3 amide bonds. The highest BCUT2D eigenvalue weighted by Gasteiger charge is 2.21. The van der Waals surface area contributed by atoms with E-state index in [0.717, 1.165) is 0 Å². The predicted molar refractivity (Wildman–Crippen MR) is 127 cm³/mol. The zero-order valence-corrected chi connectivity index (χ0v) is 20.9. The van der Waals surface area contributed by atoms with E-state index in [9.17, 15) is 14.4 Å². The van der Waals surface area contributed by atoms with Crippen LogP contribution in [0.2, 0.25) is 0 Å². The Bertz CT molecular complexity index is 866. The Hall–Kier alpha value is -2.68. The van der Waals surface area contributed by atoms with Crippen LogP contribution in [0.1, 0.15) is 51.1 Å². The summed E-state index contributed by atoms with van der Waals surface area (Å²) >= 11 is 0. The first-order valence-corrected chi connectivity index (χ1v) is 9.65. The number of hydrogen-bond donors (Lipinski definition) is 4. The lowest BCUT2D eigenvalue weighted by Gasteiger charge is -2.23. The number of carbonyl (C=O) groups is 3. The van der Waals surface area contributed by atoms with E-state index in [1.165, 1.54) is 0 Å².